The first kappa shape index (κ1) is 25.6. The van der Waals surface area contributed by atoms with Crippen LogP contribution in [0.25, 0.3) is 10.8 Å². The Hall–Kier alpha value is -2.99. The molecule has 3 rings (SSSR count). The predicted octanol–water partition coefficient (Wildman–Crippen LogP) is 3.53. The van der Waals surface area contributed by atoms with Crippen LogP contribution in [0, 0.1) is 5.92 Å². The SMILES string of the molecule is CC(C)CC(C)NC(=O)C(Cc1ccc(P(=O)(O)O)cc1)NC(=O)c1cccc2ccccc12. The summed E-state index contributed by atoms with van der Waals surface area (Å²) in [6, 6.07) is 17.9. The van der Waals surface area contributed by atoms with E-state index in [1.807, 2.05) is 37.3 Å². The Morgan fingerprint density at radius 3 is 2.18 bits per heavy atom. The Kier molecular flexibility index (Phi) is 8.26. The predicted molar refractivity (Wildman–Crippen MR) is 134 cm³/mol. The van der Waals surface area contributed by atoms with Gasteiger partial charge >= 0.3 is 7.60 Å². The molecular formula is C26H31N2O5P. The Labute approximate surface area is 199 Å². The van der Waals surface area contributed by atoms with Gasteiger partial charge in [-0.1, -0.05) is 62.4 Å². The lowest BCUT2D eigenvalue weighted by Crippen LogP contribution is -2.50. The van der Waals surface area contributed by atoms with Crippen molar-refractivity contribution in [2.45, 2.75) is 45.7 Å². The summed E-state index contributed by atoms with van der Waals surface area (Å²) in [5.41, 5.74) is 1.15. The highest BCUT2D eigenvalue weighted by atomic mass is 31.2. The van der Waals surface area contributed by atoms with E-state index in [4.69, 9.17) is 0 Å². The molecule has 0 aromatic heterocycles. The maximum absolute atomic E-state index is 13.2. The van der Waals surface area contributed by atoms with Crippen molar-refractivity contribution in [1.29, 1.82) is 0 Å². The summed E-state index contributed by atoms with van der Waals surface area (Å²) in [7, 11) is -4.36. The molecule has 2 unspecified atom stereocenters. The van der Waals surface area contributed by atoms with Gasteiger partial charge in [0, 0.05) is 18.0 Å². The zero-order chi connectivity index (χ0) is 24.9. The van der Waals surface area contributed by atoms with Crippen molar-refractivity contribution in [1.82, 2.24) is 10.6 Å². The van der Waals surface area contributed by atoms with E-state index in [1.165, 1.54) is 12.1 Å². The van der Waals surface area contributed by atoms with Gasteiger partial charge in [0.05, 0.1) is 5.30 Å². The molecule has 8 heteroatoms. The Morgan fingerprint density at radius 2 is 1.53 bits per heavy atom. The first-order chi connectivity index (χ1) is 16.0. The molecule has 3 aromatic carbocycles. The number of hydrogen-bond acceptors (Lipinski definition) is 3. The van der Waals surface area contributed by atoms with Crippen molar-refractivity contribution in [3.05, 3.63) is 77.9 Å². The summed E-state index contributed by atoms with van der Waals surface area (Å²) in [5, 5.41) is 7.48. The molecule has 0 heterocycles. The molecular weight excluding hydrogens is 451 g/mol. The van der Waals surface area contributed by atoms with E-state index in [9.17, 15) is 23.9 Å². The zero-order valence-electron chi connectivity index (χ0n) is 19.6. The minimum Gasteiger partial charge on any atom is -0.352 e. The highest BCUT2D eigenvalue weighted by molar-refractivity contribution is 7.60. The lowest BCUT2D eigenvalue weighted by molar-refractivity contribution is -0.123. The smallest absolute Gasteiger partial charge is 0.352 e. The van der Waals surface area contributed by atoms with E-state index in [2.05, 4.69) is 24.5 Å². The molecule has 0 aliphatic carbocycles. The summed E-state index contributed by atoms with van der Waals surface area (Å²) in [6.45, 7) is 6.08. The second kappa shape index (κ2) is 11.0. The number of fused-ring (bicyclic) bond motifs is 1. The van der Waals surface area contributed by atoms with Gasteiger partial charge in [-0.15, -0.1) is 0 Å². The first-order valence-corrected chi connectivity index (χ1v) is 12.9. The number of carbonyl (C=O) groups is 2. The van der Waals surface area contributed by atoms with E-state index in [0.717, 1.165) is 17.2 Å². The van der Waals surface area contributed by atoms with Gasteiger partial charge in [0.1, 0.15) is 6.04 Å². The van der Waals surface area contributed by atoms with E-state index in [0.29, 0.717) is 17.0 Å². The first-order valence-electron chi connectivity index (χ1n) is 11.3. The van der Waals surface area contributed by atoms with Crippen molar-refractivity contribution in [3.63, 3.8) is 0 Å². The summed E-state index contributed by atoms with van der Waals surface area (Å²) >= 11 is 0. The van der Waals surface area contributed by atoms with E-state index in [1.54, 1.807) is 24.3 Å². The van der Waals surface area contributed by atoms with Gasteiger partial charge in [0.25, 0.3) is 5.91 Å². The third-order valence-electron chi connectivity index (χ3n) is 5.58. The fraction of sp³-hybridized carbons (Fsp3) is 0.308. The number of amides is 2. The molecule has 0 spiro atoms. The molecule has 7 nitrogen and oxygen atoms in total. The van der Waals surface area contributed by atoms with Gasteiger partial charge in [-0.25, -0.2) is 0 Å². The Balaban J connectivity index is 1.85. The highest BCUT2D eigenvalue weighted by Crippen LogP contribution is 2.32. The third-order valence-corrected chi connectivity index (χ3v) is 6.55. The third kappa shape index (κ3) is 6.76. The van der Waals surface area contributed by atoms with Crippen LogP contribution < -0.4 is 15.9 Å². The zero-order valence-corrected chi connectivity index (χ0v) is 20.5. The fourth-order valence-electron chi connectivity index (χ4n) is 4.04. The number of rotatable bonds is 9. The topological polar surface area (TPSA) is 116 Å². The van der Waals surface area contributed by atoms with Crippen LogP contribution >= 0.6 is 7.60 Å². The Bertz CT molecular complexity index is 1200. The lowest BCUT2D eigenvalue weighted by Gasteiger charge is -2.23. The molecule has 3 aromatic rings. The number of hydrogen-bond donors (Lipinski definition) is 4. The quantitative estimate of drug-likeness (QED) is 0.348. The molecule has 0 aliphatic heterocycles. The van der Waals surface area contributed by atoms with Gasteiger partial charge in [-0.05, 0) is 53.8 Å². The van der Waals surface area contributed by atoms with Crippen LogP contribution in [-0.2, 0) is 15.8 Å². The molecule has 0 fully saturated rings. The van der Waals surface area contributed by atoms with Gasteiger partial charge in [0.2, 0.25) is 5.91 Å². The van der Waals surface area contributed by atoms with Crippen molar-refractivity contribution >= 4 is 35.5 Å². The van der Waals surface area contributed by atoms with Crippen molar-refractivity contribution in [2.75, 3.05) is 0 Å². The molecule has 4 N–H and O–H groups in total. The summed E-state index contributed by atoms with van der Waals surface area (Å²) in [5.74, 6) is -0.264. The van der Waals surface area contributed by atoms with E-state index < -0.39 is 13.6 Å². The number of nitrogens with one attached hydrogen (secondary N) is 2. The van der Waals surface area contributed by atoms with Crippen LogP contribution in [0.4, 0.5) is 0 Å². The second-order valence-electron chi connectivity index (χ2n) is 9.01. The van der Waals surface area contributed by atoms with Gasteiger partial charge < -0.3 is 20.4 Å². The summed E-state index contributed by atoms with van der Waals surface area (Å²) in [4.78, 5) is 45.0. The number of benzene rings is 3. The van der Waals surface area contributed by atoms with E-state index in [-0.39, 0.29) is 29.6 Å². The molecule has 2 amide bonds. The standard InChI is InChI=1S/C26H31N2O5P/c1-17(2)15-18(3)27-26(30)24(16-19-11-13-21(14-12-19)34(31,32)33)28-25(29)23-10-6-8-20-7-4-5-9-22(20)23/h4-14,17-18,24H,15-16H2,1-3H3,(H,27,30)(H,28,29)(H2,31,32,33). The normalized spacial score (nSPS) is 13.5. The van der Waals surface area contributed by atoms with Crippen LogP contribution in [0.3, 0.4) is 0 Å². The van der Waals surface area contributed by atoms with Gasteiger partial charge in [0.15, 0.2) is 0 Å². The lowest BCUT2D eigenvalue weighted by atomic mass is 10.0. The van der Waals surface area contributed by atoms with Crippen LogP contribution in [0.15, 0.2) is 66.7 Å². The average molecular weight is 483 g/mol. The highest BCUT2D eigenvalue weighted by Gasteiger charge is 2.25. The molecule has 2 atom stereocenters. The molecule has 0 radical (unpaired) electrons. The van der Waals surface area contributed by atoms with E-state index >= 15 is 0 Å². The van der Waals surface area contributed by atoms with Crippen molar-refractivity contribution in [2.24, 2.45) is 5.92 Å². The average Bonchev–Trinajstić information content (AvgIpc) is 2.77. The molecule has 0 bridgehead atoms. The van der Waals surface area contributed by atoms with Gasteiger partial charge in [-0.2, -0.15) is 0 Å². The monoisotopic (exact) mass is 482 g/mol. The molecule has 0 aliphatic rings. The van der Waals surface area contributed by atoms with Crippen molar-refractivity contribution in [3.8, 4) is 0 Å². The molecule has 0 saturated carbocycles. The fourth-order valence-corrected chi connectivity index (χ4v) is 4.58. The molecule has 0 saturated heterocycles. The summed E-state index contributed by atoms with van der Waals surface area (Å²) < 4.78 is 11.5. The number of carbonyl (C=O) groups excluding carboxylic acids is 2. The van der Waals surface area contributed by atoms with Crippen molar-refractivity contribution < 1.29 is 23.9 Å². The van der Waals surface area contributed by atoms with Crippen LogP contribution in [0.1, 0.15) is 43.1 Å². The molecule has 180 valence electrons. The van der Waals surface area contributed by atoms with Gasteiger partial charge in [-0.3, -0.25) is 14.2 Å². The van der Waals surface area contributed by atoms with Crippen LogP contribution in [-0.4, -0.2) is 33.7 Å². The minimum atomic E-state index is -4.36. The minimum absolute atomic E-state index is 0.0681. The Morgan fingerprint density at radius 1 is 0.882 bits per heavy atom. The maximum atomic E-state index is 13.2. The van der Waals surface area contributed by atoms with Crippen LogP contribution in [0.5, 0.6) is 0 Å². The summed E-state index contributed by atoms with van der Waals surface area (Å²) in [6.07, 6.45) is 0.977. The van der Waals surface area contributed by atoms with Crippen LogP contribution in [0.2, 0.25) is 0 Å². The second-order valence-corrected chi connectivity index (χ2v) is 10.6. The molecule has 34 heavy (non-hydrogen) atoms. The maximum Gasteiger partial charge on any atom is 0.356 e. The largest absolute Gasteiger partial charge is 0.356 e.